The quantitative estimate of drug-likeness (QED) is 0.802. The summed E-state index contributed by atoms with van der Waals surface area (Å²) in [6.07, 6.45) is 6.43. The highest BCUT2D eigenvalue weighted by Crippen LogP contribution is 2.39. The summed E-state index contributed by atoms with van der Waals surface area (Å²) in [5.74, 6) is 1.13. The predicted octanol–water partition coefficient (Wildman–Crippen LogP) is 3.58. The molecule has 1 aromatic heterocycles. The lowest BCUT2D eigenvalue weighted by atomic mass is 9.87. The molecule has 1 aromatic carbocycles. The third kappa shape index (κ3) is 3.55. The van der Waals surface area contributed by atoms with Gasteiger partial charge in [0.2, 0.25) is 0 Å². The van der Waals surface area contributed by atoms with Crippen LogP contribution in [0.4, 0.5) is 0 Å². The number of benzene rings is 1. The van der Waals surface area contributed by atoms with Crippen LogP contribution in [0.5, 0.6) is 0 Å². The monoisotopic (exact) mass is 378 g/mol. The molecular weight excluding hydrogens is 348 g/mol. The van der Waals surface area contributed by atoms with Crippen LogP contribution in [0.1, 0.15) is 59.0 Å². The summed E-state index contributed by atoms with van der Waals surface area (Å²) < 4.78 is 0. The van der Waals surface area contributed by atoms with Gasteiger partial charge in [-0.15, -0.1) is 0 Å². The number of likely N-dealkylation sites (N-methyl/N-ethyl adjacent to an activating group) is 1. The molecule has 3 heterocycles. The molecule has 148 valence electrons. The van der Waals surface area contributed by atoms with E-state index >= 15 is 0 Å². The molecule has 2 aliphatic rings. The van der Waals surface area contributed by atoms with Crippen molar-refractivity contribution in [2.75, 3.05) is 20.1 Å². The van der Waals surface area contributed by atoms with E-state index in [4.69, 9.17) is 0 Å². The van der Waals surface area contributed by atoms with Gasteiger partial charge in [-0.1, -0.05) is 43.2 Å². The first-order valence-corrected chi connectivity index (χ1v) is 10.4. The van der Waals surface area contributed by atoms with Gasteiger partial charge >= 0.3 is 0 Å². The lowest BCUT2D eigenvalue weighted by Crippen LogP contribution is -2.47. The highest BCUT2D eigenvalue weighted by atomic mass is 16.2. The Kier molecular flexibility index (Phi) is 5.44. The van der Waals surface area contributed by atoms with E-state index in [1.54, 1.807) is 6.20 Å². The van der Waals surface area contributed by atoms with Crippen molar-refractivity contribution in [2.24, 2.45) is 0 Å². The Balaban J connectivity index is 1.71. The van der Waals surface area contributed by atoms with Crippen molar-refractivity contribution in [2.45, 2.75) is 57.5 Å². The van der Waals surface area contributed by atoms with Crippen molar-refractivity contribution in [1.29, 1.82) is 0 Å². The Labute approximate surface area is 167 Å². The van der Waals surface area contributed by atoms with E-state index in [9.17, 15) is 4.79 Å². The third-order valence-corrected chi connectivity index (χ3v) is 6.44. The molecule has 5 heteroatoms. The molecular formula is C23H30N4O. The van der Waals surface area contributed by atoms with Crippen LogP contribution in [0.25, 0.3) is 0 Å². The average molecular weight is 379 g/mol. The zero-order chi connectivity index (χ0) is 19.7. The minimum atomic E-state index is 0.0832. The molecule has 0 aliphatic carbocycles. The fourth-order valence-electron chi connectivity index (χ4n) is 5.06. The first-order chi connectivity index (χ1) is 13.6. The summed E-state index contributed by atoms with van der Waals surface area (Å²) in [4.78, 5) is 26.9. The van der Waals surface area contributed by atoms with Crippen LogP contribution < -0.4 is 0 Å². The van der Waals surface area contributed by atoms with E-state index in [1.165, 1.54) is 24.8 Å². The molecule has 5 nitrogen and oxygen atoms in total. The molecule has 0 spiro atoms. The van der Waals surface area contributed by atoms with E-state index in [0.29, 0.717) is 23.3 Å². The van der Waals surface area contributed by atoms with E-state index in [-0.39, 0.29) is 11.9 Å². The van der Waals surface area contributed by atoms with Crippen LogP contribution in [0.3, 0.4) is 0 Å². The summed E-state index contributed by atoms with van der Waals surface area (Å²) >= 11 is 0. The number of amides is 1. The minimum Gasteiger partial charge on any atom is -0.333 e. The Morgan fingerprint density at radius 2 is 1.89 bits per heavy atom. The van der Waals surface area contributed by atoms with E-state index in [2.05, 4.69) is 57.1 Å². The Morgan fingerprint density at radius 1 is 1.11 bits per heavy atom. The Hall–Kier alpha value is -2.27. The van der Waals surface area contributed by atoms with Crippen molar-refractivity contribution in [1.82, 2.24) is 19.8 Å². The minimum absolute atomic E-state index is 0.0832. The standard InChI is InChI=1S/C23H30N4O/c1-16-19(14-24-17(2)25-16)23(28)27-15-20(18-10-6-4-7-11-18)22-21(27)12-8-5-9-13-26(22)3/h4,6-7,10-11,14,20-22H,5,8-9,12-13,15H2,1-3H3/t20-,21+,22-/m0/s1. The summed E-state index contributed by atoms with van der Waals surface area (Å²) in [5, 5.41) is 0. The molecule has 0 unspecified atom stereocenters. The molecule has 0 bridgehead atoms. The average Bonchev–Trinajstić information content (AvgIpc) is 3.05. The number of hydrogen-bond acceptors (Lipinski definition) is 4. The fourth-order valence-corrected chi connectivity index (χ4v) is 5.06. The van der Waals surface area contributed by atoms with E-state index in [1.807, 2.05) is 13.8 Å². The molecule has 3 atom stereocenters. The predicted molar refractivity (Wildman–Crippen MR) is 110 cm³/mol. The van der Waals surface area contributed by atoms with Gasteiger partial charge in [0.05, 0.1) is 11.3 Å². The van der Waals surface area contributed by atoms with Gasteiger partial charge in [-0.05, 0) is 45.8 Å². The number of nitrogens with zero attached hydrogens (tertiary/aromatic N) is 4. The van der Waals surface area contributed by atoms with Crippen LogP contribution in [0, 0.1) is 13.8 Å². The van der Waals surface area contributed by atoms with Gasteiger partial charge in [-0.25, -0.2) is 9.97 Å². The highest BCUT2D eigenvalue weighted by molar-refractivity contribution is 5.95. The summed E-state index contributed by atoms with van der Waals surface area (Å²) in [6, 6.07) is 11.3. The molecule has 4 rings (SSSR count). The lowest BCUT2D eigenvalue weighted by molar-refractivity contribution is 0.0667. The number of hydrogen-bond donors (Lipinski definition) is 0. The van der Waals surface area contributed by atoms with Crippen LogP contribution in [0.15, 0.2) is 36.5 Å². The van der Waals surface area contributed by atoms with Gasteiger partial charge in [0, 0.05) is 30.7 Å². The molecule has 2 fully saturated rings. The largest absolute Gasteiger partial charge is 0.333 e. The Morgan fingerprint density at radius 3 is 2.64 bits per heavy atom. The zero-order valence-corrected chi connectivity index (χ0v) is 17.1. The third-order valence-electron chi connectivity index (χ3n) is 6.44. The number of aromatic nitrogens is 2. The van der Waals surface area contributed by atoms with Crippen molar-refractivity contribution >= 4 is 5.91 Å². The maximum absolute atomic E-state index is 13.5. The second-order valence-electron chi connectivity index (χ2n) is 8.28. The maximum Gasteiger partial charge on any atom is 0.257 e. The highest BCUT2D eigenvalue weighted by Gasteiger charge is 2.46. The molecule has 0 N–H and O–H groups in total. The molecule has 1 amide bonds. The number of carbonyl (C=O) groups is 1. The number of rotatable bonds is 2. The van der Waals surface area contributed by atoms with Crippen LogP contribution in [-0.2, 0) is 0 Å². The Bertz CT molecular complexity index is 838. The number of carbonyl (C=O) groups excluding carboxylic acids is 1. The van der Waals surface area contributed by atoms with E-state index in [0.717, 1.165) is 25.2 Å². The topological polar surface area (TPSA) is 49.3 Å². The fraction of sp³-hybridized carbons (Fsp3) is 0.522. The molecule has 0 radical (unpaired) electrons. The SMILES string of the molecule is Cc1ncc(C(=O)N2C[C@@H](c3ccccc3)[C@H]3[C@H]2CCCCCN3C)c(C)n1. The molecule has 28 heavy (non-hydrogen) atoms. The molecule has 2 aromatic rings. The zero-order valence-electron chi connectivity index (χ0n) is 17.1. The molecule has 0 saturated carbocycles. The van der Waals surface area contributed by atoms with Crippen LogP contribution >= 0.6 is 0 Å². The smallest absolute Gasteiger partial charge is 0.257 e. The lowest BCUT2D eigenvalue weighted by Gasteiger charge is -2.37. The number of aryl methyl sites for hydroxylation is 2. The molecule has 2 saturated heterocycles. The summed E-state index contributed by atoms with van der Waals surface area (Å²) in [6.45, 7) is 5.63. The van der Waals surface area contributed by atoms with Crippen molar-refractivity contribution < 1.29 is 4.79 Å². The normalized spacial score (nSPS) is 25.8. The van der Waals surface area contributed by atoms with Crippen LogP contribution in [-0.4, -0.2) is 57.9 Å². The van der Waals surface area contributed by atoms with E-state index < -0.39 is 0 Å². The first-order valence-electron chi connectivity index (χ1n) is 10.4. The van der Waals surface area contributed by atoms with Crippen molar-refractivity contribution in [3.05, 3.63) is 59.2 Å². The van der Waals surface area contributed by atoms with Gasteiger partial charge in [0.25, 0.3) is 5.91 Å². The summed E-state index contributed by atoms with van der Waals surface area (Å²) in [5.41, 5.74) is 2.75. The van der Waals surface area contributed by atoms with Gasteiger partial charge in [0.1, 0.15) is 5.82 Å². The molecule has 2 aliphatic heterocycles. The maximum atomic E-state index is 13.5. The second kappa shape index (κ2) is 8.00. The number of fused-ring (bicyclic) bond motifs is 1. The summed E-state index contributed by atoms with van der Waals surface area (Å²) in [7, 11) is 2.23. The van der Waals surface area contributed by atoms with Crippen LogP contribution in [0.2, 0.25) is 0 Å². The van der Waals surface area contributed by atoms with Gasteiger partial charge in [-0.2, -0.15) is 0 Å². The number of likely N-dealkylation sites (tertiary alicyclic amines) is 2. The second-order valence-corrected chi connectivity index (χ2v) is 8.28. The van der Waals surface area contributed by atoms with Crippen molar-refractivity contribution in [3.8, 4) is 0 Å². The van der Waals surface area contributed by atoms with Crippen molar-refractivity contribution in [3.63, 3.8) is 0 Å². The first kappa shape index (κ1) is 19.1. The van der Waals surface area contributed by atoms with Gasteiger partial charge in [-0.3, -0.25) is 4.79 Å². The van der Waals surface area contributed by atoms with Gasteiger partial charge < -0.3 is 9.80 Å². The van der Waals surface area contributed by atoms with Gasteiger partial charge in [0.15, 0.2) is 0 Å².